The van der Waals surface area contributed by atoms with Crippen molar-refractivity contribution in [2.75, 3.05) is 11.9 Å². The van der Waals surface area contributed by atoms with Crippen molar-refractivity contribution in [2.24, 2.45) is 0 Å². The summed E-state index contributed by atoms with van der Waals surface area (Å²) >= 11 is 0. The summed E-state index contributed by atoms with van der Waals surface area (Å²) in [6.45, 7) is 7.36. The number of hydrogen-bond donors (Lipinski definition) is 2. The SMILES string of the molecule is CCC(C)(CC)NC(=O)c1ccc2c(c1)CCCN2. The molecule has 0 radical (unpaired) electrons. The van der Waals surface area contributed by atoms with Crippen molar-refractivity contribution in [1.82, 2.24) is 5.32 Å². The summed E-state index contributed by atoms with van der Waals surface area (Å²) in [7, 11) is 0. The van der Waals surface area contributed by atoms with Crippen molar-refractivity contribution < 1.29 is 4.79 Å². The normalized spacial score (nSPS) is 14.5. The molecule has 0 saturated carbocycles. The zero-order chi connectivity index (χ0) is 13.9. The second-order valence-electron chi connectivity index (χ2n) is 5.62. The van der Waals surface area contributed by atoms with E-state index in [4.69, 9.17) is 0 Å². The quantitative estimate of drug-likeness (QED) is 0.871. The van der Waals surface area contributed by atoms with Gasteiger partial charge in [-0.3, -0.25) is 4.79 Å². The Balaban J connectivity index is 2.15. The molecule has 0 unspecified atom stereocenters. The molecule has 0 atom stereocenters. The van der Waals surface area contributed by atoms with Crippen LogP contribution in [0.5, 0.6) is 0 Å². The van der Waals surface area contributed by atoms with E-state index < -0.39 is 0 Å². The van der Waals surface area contributed by atoms with Crippen molar-refractivity contribution in [3.05, 3.63) is 29.3 Å². The van der Waals surface area contributed by atoms with Crippen LogP contribution in [0, 0.1) is 0 Å². The molecule has 19 heavy (non-hydrogen) atoms. The number of hydrogen-bond acceptors (Lipinski definition) is 2. The van der Waals surface area contributed by atoms with Crippen LogP contribution in [0.4, 0.5) is 5.69 Å². The molecule has 0 aliphatic carbocycles. The highest BCUT2D eigenvalue weighted by molar-refractivity contribution is 5.95. The monoisotopic (exact) mass is 260 g/mol. The lowest BCUT2D eigenvalue weighted by Gasteiger charge is -2.28. The lowest BCUT2D eigenvalue weighted by Crippen LogP contribution is -2.45. The maximum Gasteiger partial charge on any atom is 0.251 e. The summed E-state index contributed by atoms with van der Waals surface area (Å²) in [6, 6.07) is 5.97. The van der Waals surface area contributed by atoms with Gasteiger partial charge in [0.2, 0.25) is 0 Å². The Kier molecular flexibility index (Phi) is 4.13. The Labute approximate surface area is 115 Å². The first-order valence-electron chi connectivity index (χ1n) is 7.27. The van der Waals surface area contributed by atoms with Crippen LogP contribution in [-0.4, -0.2) is 18.0 Å². The summed E-state index contributed by atoms with van der Waals surface area (Å²) in [4.78, 5) is 12.3. The summed E-state index contributed by atoms with van der Waals surface area (Å²) in [5, 5.41) is 6.52. The second kappa shape index (κ2) is 5.64. The van der Waals surface area contributed by atoms with Gasteiger partial charge in [0, 0.05) is 23.3 Å². The molecule has 0 saturated heterocycles. The molecule has 1 heterocycles. The average molecular weight is 260 g/mol. The van der Waals surface area contributed by atoms with E-state index in [2.05, 4.69) is 31.4 Å². The summed E-state index contributed by atoms with van der Waals surface area (Å²) in [5.74, 6) is 0.0413. The van der Waals surface area contributed by atoms with Crippen molar-refractivity contribution >= 4 is 11.6 Å². The largest absolute Gasteiger partial charge is 0.385 e. The zero-order valence-corrected chi connectivity index (χ0v) is 12.2. The molecule has 3 nitrogen and oxygen atoms in total. The third kappa shape index (κ3) is 3.09. The Hall–Kier alpha value is -1.51. The number of aryl methyl sites for hydroxylation is 1. The third-order valence-electron chi connectivity index (χ3n) is 4.28. The van der Waals surface area contributed by atoms with Gasteiger partial charge < -0.3 is 10.6 Å². The minimum absolute atomic E-state index is 0.0413. The van der Waals surface area contributed by atoms with Gasteiger partial charge in [0.1, 0.15) is 0 Å². The molecule has 0 spiro atoms. The van der Waals surface area contributed by atoms with E-state index in [0.717, 1.165) is 37.8 Å². The Morgan fingerprint density at radius 2 is 2.11 bits per heavy atom. The molecule has 1 aromatic carbocycles. The van der Waals surface area contributed by atoms with E-state index in [9.17, 15) is 4.79 Å². The molecule has 0 bridgehead atoms. The highest BCUT2D eigenvalue weighted by Crippen LogP contribution is 2.23. The van der Waals surface area contributed by atoms with E-state index >= 15 is 0 Å². The third-order valence-corrected chi connectivity index (χ3v) is 4.28. The van der Waals surface area contributed by atoms with Crippen LogP contribution in [0.25, 0.3) is 0 Å². The minimum Gasteiger partial charge on any atom is -0.385 e. The first kappa shape index (κ1) is 13.9. The number of nitrogens with one attached hydrogen (secondary N) is 2. The van der Waals surface area contributed by atoms with Crippen molar-refractivity contribution in [2.45, 2.75) is 52.0 Å². The van der Waals surface area contributed by atoms with Crippen LogP contribution in [0.1, 0.15) is 56.0 Å². The number of carbonyl (C=O) groups excluding carboxylic acids is 1. The van der Waals surface area contributed by atoms with Gasteiger partial charge in [-0.2, -0.15) is 0 Å². The molecular weight excluding hydrogens is 236 g/mol. The van der Waals surface area contributed by atoms with E-state index in [0.29, 0.717) is 0 Å². The first-order chi connectivity index (χ1) is 9.08. The molecule has 1 aliphatic rings. The van der Waals surface area contributed by atoms with Gasteiger partial charge >= 0.3 is 0 Å². The van der Waals surface area contributed by atoms with Gasteiger partial charge in [0.15, 0.2) is 0 Å². The van der Waals surface area contributed by atoms with Gasteiger partial charge in [-0.25, -0.2) is 0 Å². The first-order valence-corrected chi connectivity index (χ1v) is 7.27. The van der Waals surface area contributed by atoms with Gasteiger partial charge in [-0.05, 0) is 56.4 Å². The molecule has 2 rings (SSSR count). The van der Waals surface area contributed by atoms with E-state index in [1.165, 1.54) is 11.3 Å². The number of rotatable bonds is 4. The molecule has 104 valence electrons. The molecule has 1 aromatic rings. The summed E-state index contributed by atoms with van der Waals surface area (Å²) in [5.41, 5.74) is 3.10. The Morgan fingerprint density at radius 3 is 2.79 bits per heavy atom. The Bertz CT molecular complexity index is 464. The fourth-order valence-electron chi connectivity index (χ4n) is 2.39. The van der Waals surface area contributed by atoms with E-state index in [1.807, 2.05) is 18.2 Å². The van der Waals surface area contributed by atoms with Crippen LogP contribution >= 0.6 is 0 Å². The Morgan fingerprint density at radius 1 is 1.37 bits per heavy atom. The molecule has 3 heteroatoms. The smallest absolute Gasteiger partial charge is 0.251 e. The van der Waals surface area contributed by atoms with Crippen molar-refractivity contribution in [3.8, 4) is 0 Å². The summed E-state index contributed by atoms with van der Waals surface area (Å²) in [6.07, 6.45) is 4.09. The number of carbonyl (C=O) groups is 1. The van der Waals surface area contributed by atoms with Crippen LogP contribution in [0.15, 0.2) is 18.2 Å². The van der Waals surface area contributed by atoms with Gasteiger partial charge in [0.25, 0.3) is 5.91 Å². The molecule has 2 N–H and O–H groups in total. The van der Waals surface area contributed by atoms with Crippen molar-refractivity contribution in [1.29, 1.82) is 0 Å². The molecule has 0 fully saturated rings. The lowest BCUT2D eigenvalue weighted by molar-refractivity contribution is 0.0901. The highest BCUT2D eigenvalue weighted by Gasteiger charge is 2.23. The van der Waals surface area contributed by atoms with E-state index in [1.54, 1.807) is 0 Å². The fraction of sp³-hybridized carbons (Fsp3) is 0.562. The number of benzene rings is 1. The van der Waals surface area contributed by atoms with Crippen LogP contribution in [0.3, 0.4) is 0 Å². The fourth-order valence-corrected chi connectivity index (χ4v) is 2.39. The molecular formula is C16H24N2O. The maximum absolute atomic E-state index is 12.3. The van der Waals surface area contributed by atoms with Gasteiger partial charge in [0.05, 0.1) is 0 Å². The number of amides is 1. The average Bonchev–Trinajstić information content (AvgIpc) is 2.46. The van der Waals surface area contributed by atoms with Crippen LogP contribution < -0.4 is 10.6 Å². The second-order valence-corrected chi connectivity index (χ2v) is 5.62. The van der Waals surface area contributed by atoms with Gasteiger partial charge in [-0.15, -0.1) is 0 Å². The molecule has 0 aromatic heterocycles. The number of fused-ring (bicyclic) bond motifs is 1. The number of anilines is 1. The standard InChI is InChI=1S/C16H24N2O/c1-4-16(3,5-2)18-15(19)13-8-9-14-12(11-13)7-6-10-17-14/h8-9,11,17H,4-7,10H2,1-3H3,(H,18,19). The minimum atomic E-state index is -0.106. The van der Waals surface area contributed by atoms with Crippen LogP contribution in [0.2, 0.25) is 0 Å². The zero-order valence-electron chi connectivity index (χ0n) is 12.2. The van der Waals surface area contributed by atoms with Gasteiger partial charge in [-0.1, -0.05) is 13.8 Å². The predicted molar refractivity (Wildman–Crippen MR) is 79.7 cm³/mol. The molecule has 1 aliphatic heterocycles. The lowest BCUT2D eigenvalue weighted by atomic mass is 9.94. The summed E-state index contributed by atoms with van der Waals surface area (Å²) < 4.78 is 0. The predicted octanol–water partition coefficient (Wildman–Crippen LogP) is 3.35. The maximum atomic E-state index is 12.3. The highest BCUT2D eigenvalue weighted by atomic mass is 16.1. The van der Waals surface area contributed by atoms with Crippen molar-refractivity contribution in [3.63, 3.8) is 0 Å². The molecule has 1 amide bonds. The van der Waals surface area contributed by atoms with Crippen LogP contribution in [-0.2, 0) is 6.42 Å². The van der Waals surface area contributed by atoms with E-state index in [-0.39, 0.29) is 11.4 Å². The topological polar surface area (TPSA) is 41.1 Å².